The van der Waals surface area contributed by atoms with Crippen LogP contribution in [0.1, 0.15) is 44.2 Å². The van der Waals surface area contributed by atoms with Crippen molar-refractivity contribution in [2.24, 2.45) is 17.1 Å². The molecular weight excluding hydrogens is 268 g/mol. The highest BCUT2D eigenvalue weighted by molar-refractivity contribution is 7.80. The summed E-state index contributed by atoms with van der Waals surface area (Å²) in [7, 11) is 0. The van der Waals surface area contributed by atoms with Gasteiger partial charge in [0, 0.05) is 11.5 Å². The zero-order chi connectivity index (χ0) is 14.9. The van der Waals surface area contributed by atoms with Gasteiger partial charge >= 0.3 is 0 Å². The predicted octanol–water partition coefficient (Wildman–Crippen LogP) is 3.39. The molecule has 0 radical (unpaired) electrons. The number of nitrogens with two attached hydrogens (primary N) is 1. The van der Waals surface area contributed by atoms with Crippen molar-refractivity contribution in [1.82, 2.24) is 0 Å². The van der Waals surface area contributed by atoms with Crippen molar-refractivity contribution >= 4 is 28.8 Å². The molecule has 0 bridgehead atoms. The zero-order valence-corrected chi connectivity index (χ0v) is 13.1. The molecule has 1 aromatic rings. The molecule has 1 aromatic carbocycles. The summed E-state index contributed by atoms with van der Waals surface area (Å²) < 4.78 is 0. The van der Waals surface area contributed by atoms with Crippen molar-refractivity contribution in [1.29, 1.82) is 0 Å². The Morgan fingerprint density at radius 2 is 2.15 bits per heavy atom. The third-order valence-corrected chi connectivity index (χ3v) is 4.55. The molecule has 2 rings (SSSR count). The fraction of sp³-hybridized carbons (Fsp3) is 0.500. The van der Waals surface area contributed by atoms with Gasteiger partial charge in [0.05, 0.1) is 5.69 Å². The highest BCUT2D eigenvalue weighted by atomic mass is 32.1. The first-order valence-electron chi connectivity index (χ1n) is 7.03. The Kier molecular flexibility index (Phi) is 4.14. The summed E-state index contributed by atoms with van der Waals surface area (Å²) in [5.41, 5.74) is 8.33. The van der Waals surface area contributed by atoms with Gasteiger partial charge in [-0.2, -0.15) is 0 Å². The van der Waals surface area contributed by atoms with E-state index in [-0.39, 0.29) is 17.2 Å². The molecule has 1 aliphatic carbocycles. The molecule has 1 fully saturated rings. The van der Waals surface area contributed by atoms with Crippen LogP contribution >= 0.6 is 12.2 Å². The smallest absolute Gasteiger partial charge is 0.228 e. The van der Waals surface area contributed by atoms with Gasteiger partial charge < -0.3 is 11.1 Å². The first-order chi connectivity index (χ1) is 9.33. The van der Waals surface area contributed by atoms with Crippen LogP contribution in [-0.4, -0.2) is 10.9 Å². The fourth-order valence-corrected chi connectivity index (χ4v) is 3.40. The van der Waals surface area contributed by atoms with Gasteiger partial charge in [-0.05, 0) is 36.8 Å². The number of hydrogen-bond donors (Lipinski definition) is 2. The van der Waals surface area contributed by atoms with Crippen LogP contribution in [-0.2, 0) is 4.79 Å². The summed E-state index contributed by atoms with van der Waals surface area (Å²) in [5.74, 6) is 0.137. The molecular formula is C16H22N2OS. The number of amides is 1. The van der Waals surface area contributed by atoms with Crippen LogP contribution in [0.15, 0.2) is 18.2 Å². The molecule has 3 N–H and O–H groups in total. The molecule has 1 saturated carbocycles. The van der Waals surface area contributed by atoms with Crippen molar-refractivity contribution in [3.63, 3.8) is 0 Å². The third-order valence-electron chi connectivity index (χ3n) is 4.35. The molecule has 4 heteroatoms. The van der Waals surface area contributed by atoms with Crippen molar-refractivity contribution in [3.8, 4) is 0 Å². The Morgan fingerprint density at radius 1 is 1.45 bits per heavy atom. The average Bonchev–Trinajstić information content (AvgIpc) is 2.68. The van der Waals surface area contributed by atoms with Gasteiger partial charge in [0.2, 0.25) is 5.91 Å². The zero-order valence-electron chi connectivity index (χ0n) is 12.3. The van der Waals surface area contributed by atoms with Crippen LogP contribution in [0.5, 0.6) is 0 Å². The number of aryl methyl sites for hydroxylation is 1. The number of nitrogens with one attached hydrogen (secondary N) is 1. The van der Waals surface area contributed by atoms with E-state index in [2.05, 4.69) is 19.2 Å². The SMILES string of the molecule is Cc1cccc(NC(=O)C2CCCC2(C)C)c1C(N)=S. The van der Waals surface area contributed by atoms with Crippen LogP contribution in [0.3, 0.4) is 0 Å². The number of rotatable bonds is 3. The van der Waals surface area contributed by atoms with E-state index in [1.54, 1.807) is 0 Å². The number of carbonyl (C=O) groups excluding carboxylic acids is 1. The maximum Gasteiger partial charge on any atom is 0.228 e. The Bertz CT molecular complexity index is 551. The molecule has 3 nitrogen and oxygen atoms in total. The minimum Gasteiger partial charge on any atom is -0.389 e. The van der Waals surface area contributed by atoms with E-state index < -0.39 is 0 Å². The van der Waals surface area contributed by atoms with E-state index in [1.807, 2.05) is 25.1 Å². The van der Waals surface area contributed by atoms with Crippen LogP contribution in [0.4, 0.5) is 5.69 Å². The summed E-state index contributed by atoms with van der Waals surface area (Å²) in [4.78, 5) is 12.8. The molecule has 1 atom stereocenters. The second kappa shape index (κ2) is 5.52. The number of thiocarbonyl (C=S) groups is 1. The summed E-state index contributed by atoms with van der Waals surface area (Å²) >= 11 is 5.10. The predicted molar refractivity (Wildman–Crippen MR) is 86.8 cm³/mol. The van der Waals surface area contributed by atoms with Crippen LogP contribution in [0.2, 0.25) is 0 Å². The molecule has 0 spiro atoms. The second-order valence-electron chi connectivity index (χ2n) is 6.28. The molecule has 20 heavy (non-hydrogen) atoms. The molecule has 1 amide bonds. The van der Waals surface area contributed by atoms with Gasteiger partial charge in [-0.1, -0.05) is 44.6 Å². The van der Waals surface area contributed by atoms with Crippen LogP contribution in [0, 0.1) is 18.3 Å². The van der Waals surface area contributed by atoms with E-state index >= 15 is 0 Å². The molecule has 0 heterocycles. The van der Waals surface area contributed by atoms with Crippen molar-refractivity contribution in [2.45, 2.75) is 40.0 Å². The third kappa shape index (κ3) is 2.85. The number of hydrogen-bond acceptors (Lipinski definition) is 2. The van der Waals surface area contributed by atoms with Gasteiger partial charge in [-0.15, -0.1) is 0 Å². The molecule has 1 unspecified atom stereocenters. The van der Waals surface area contributed by atoms with Gasteiger partial charge in [0.15, 0.2) is 0 Å². The molecule has 0 saturated heterocycles. The van der Waals surface area contributed by atoms with Gasteiger partial charge in [0.1, 0.15) is 4.99 Å². The maximum absolute atomic E-state index is 12.5. The van der Waals surface area contributed by atoms with Crippen molar-refractivity contribution in [2.75, 3.05) is 5.32 Å². The number of anilines is 1. The Balaban J connectivity index is 2.25. The highest BCUT2D eigenvalue weighted by Gasteiger charge is 2.39. The lowest BCUT2D eigenvalue weighted by molar-refractivity contribution is -0.122. The Labute approximate surface area is 125 Å². The Hall–Kier alpha value is -1.42. The molecule has 0 aliphatic heterocycles. The number of carbonyl (C=O) groups is 1. The molecule has 0 aromatic heterocycles. The minimum atomic E-state index is 0.0576. The summed E-state index contributed by atoms with van der Waals surface area (Å²) in [6, 6.07) is 5.72. The summed E-state index contributed by atoms with van der Waals surface area (Å²) in [6.45, 7) is 6.27. The van der Waals surface area contributed by atoms with Crippen molar-refractivity contribution in [3.05, 3.63) is 29.3 Å². The normalized spacial score (nSPS) is 20.6. The summed E-state index contributed by atoms with van der Waals surface area (Å²) in [5, 5.41) is 3.02. The second-order valence-corrected chi connectivity index (χ2v) is 6.72. The molecule has 1 aliphatic rings. The minimum absolute atomic E-state index is 0.0576. The fourth-order valence-electron chi connectivity index (χ4n) is 3.13. The quantitative estimate of drug-likeness (QED) is 0.839. The van der Waals surface area contributed by atoms with E-state index in [1.165, 1.54) is 0 Å². The monoisotopic (exact) mass is 290 g/mol. The largest absolute Gasteiger partial charge is 0.389 e. The van der Waals surface area contributed by atoms with E-state index in [4.69, 9.17) is 18.0 Å². The maximum atomic E-state index is 12.5. The van der Waals surface area contributed by atoms with Gasteiger partial charge in [-0.3, -0.25) is 4.79 Å². The van der Waals surface area contributed by atoms with E-state index in [9.17, 15) is 4.79 Å². The topological polar surface area (TPSA) is 55.1 Å². The van der Waals surface area contributed by atoms with Gasteiger partial charge in [0.25, 0.3) is 0 Å². The van der Waals surface area contributed by atoms with Gasteiger partial charge in [-0.25, -0.2) is 0 Å². The average molecular weight is 290 g/mol. The first kappa shape index (κ1) is 15.0. The lowest BCUT2D eigenvalue weighted by atomic mass is 9.81. The van der Waals surface area contributed by atoms with Crippen LogP contribution < -0.4 is 11.1 Å². The lowest BCUT2D eigenvalue weighted by Crippen LogP contribution is -2.31. The summed E-state index contributed by atoms with van der Waals surface area (Å²) in [6.07, 6.45) is 3.16. The van der Waals surface area contributed by atoms with Crippen molar-refractivity contribution < 1.29 is 4.79 Å². The molecule has 108 valence electrons. The van der Waals surface area contributed by atoms with E-state index in [0.29, 0.717) is 4.99 Å². The van der Waals surface area contributed by atoms with Crippen LogP contribution in [0.25, 0.3) is 0 Å². The Morgan fingerprint density at radius 3 is 2.70 bits per heavy atom. The lowest BCUT2D eigenvalue weighted by Gasteiger charge is -2.26. The van der Waals surface area contributed by atoms with E-state index in [0.717, 1.165) is 36.1 Å². The number of benzene rings is 1. The standard InChI is InChI=1S/C16H22N2OS/c1-10-6-4-8-12(13(10)14(17)20)18-15(19)11-7-5-9-16(11,2)3/h4,6,8,11H,5,7,9H2,1-3H3,(H2,17,20)(H,18,19). The highest BCUT2D eigenvalue weighted by Crippen LogP contribution is 2.43. The first-order valence-corrected chi connectivity index (χ1v) is 7.44.